The standard InChI is InChI=1S/C12H8Br2Cl2N2O/c1-19-5-9-10(14)11(16)18-12(17-9)6-2-3-7(13)8(15)4-6/h2-4H,5H2,1H3. The summed E-state index contributed by atoms with van der Waals surface area (Å²) in [6.07, 6.45) is 0. The van der Waals surface area contributed by atoms with Crippen LogP contribution in [0.5, 0.6) is 0 Å². The number of ether oxygens (including phenoxy) is 1. The average Bonchev–Trinajstić information content (AvgIpc) is 2.38. The summed E-state index contributed by atoms with van der Waals surface area (Å²) in [6, 6.07) is 5.49. The van der Waals surface area contributed by atoms with Crippen molar-refractivity contribution >= 4 is 55.1 Å². The van der Waals surface area contributed by atoms with Crippen LogP contribution in [0.15, 0.2) is 27.1 Å². The first-order valence-corrected chi connectivity index (χ1v) is 7.53. The van der Waals surface area contributed by atoms with Gasteiger partial charge in [-0.05, 0) is 50.1 Å². The largest absolute Gasteiger partial charge is 0.378 e. The van der Waals surface area contributed by atoms with Crippen molar-refractivity contribution in [3.05, 3.63) is 43.0 Å². The Morgan fingerprint density at radius 3 is 2.58 bits per heavy atom. The summed E-state index contributed by atoms with van der Waals surface area (Å²) in [6.45, 7) is 0.347. The minimum Gasteiger partial charge on any atom is -0.378 e. The molecule has 19 heavy (non-hydrogen) atoms. The molecular formula is C12H8Br2Cl2N2O. The minimum absolute atomic E-state index is 0.344. The monoisotopic (exact) mass is 424 g/mol. The van der Waals surface area contributed by atoms with Crippen molar-refractivity contribution in [3.63, 3.8) is 0 Å². The molecule has 0 fully saturated rings. The van der Waals surface area contributed by atoms with Gasteiger partial charge in [0.2, 0.25) is 0 Å². The average molecular weight is 427 g/mol. The molecule has 1 heterocycles. The van der Waals surface area contributed by atoms with Crippen LogP contribution in [0.1, 0.15) is 5.69 Å². The van der Waals surface area contributed by atoms with E-state index in [1.165, 1.54) is 0 Å². The molecule has 0 aliphatic heterocycles. The maximum Gasteiger partial charge on any atom is 0.161 e. The maximum absolute atomic E-state index is 6.08. The van der Waals surface area contributed by atoms with Crippen LogP contribution in [0.25, 0.3) is 11.4 Å². The van der Waals surface area contributed by atoms with Gasteiger partial charge >= 0.3 is 0 Å². The fourth-order valence-corrected chi connectivity index (χ4v) is 2.37. The van der Waals surface area contributed by atoms with Gasteiger partial charge in [-0.15, -0.1) is 0 Å². The molecule has 0 saturated heterocycles. The van der Waals surface area contributed by atoms with Gasteiger partial charge in [-0.1, -0.05) is 23.2 Å². The number of methoxy groups -OCH3 is 1. The highest BCUT2D eigenvalue weighted by atomic mass is 79.9. The molecule has 1 aromatic carbocycles. The van der Waals surface area contributed by atoms with E-state index in [4.69, 9.17) is 27.9 Å². The first kappa shape index (κ1) is 15.2. The number of rotatable bonds is 3. The molecule has 100 valence electrons. The van der Waals surface area contributed by atoms with Crippen LogP contribution in [0.2, 0.25) is 10.2 Å². The summed E-state index contributed by atoms with van der Waals surface area (Å²) < 4.78 is 6.54. The van der Waals surface area contributed by atoms with Gasteiger partial charge in [-0.25, -0.2) is 9.97 Å². The number of halogens is 4. The zero-order valence-corrected chi connectivity index (χ0v) is 14.4. The van der Waals surface area contributed by atoms with Gasteiger partial charge in [0.1, 0.15) is 5.15 Å². The molecule has 0 bridgehead atoms. The Kier molecular flexibility index (Phi) is 5.20. The molecular weight excluding hydrogens is 419 g/mol. The van der Waals surface area contributed by atoms with Gasteiger partial charge in [0.25, 0.3) is 0 Å². The number of aromatic nitrogens is 2. The van der Waals surface area contributed by atoms with Crippen molar-refractivity contribution in [2.45, 2.75) is 6.61 Å². The molecule has 0 N–H and O–H groups in total. The van der Waals surface area contributed by atoms with E-state index < -0.39 is 0 Å². The topological polar surface area (TPSA) is 35.0 Å². The van der Waals surface area contributed by atoms with Gasteiger partial charge in [-0.2, -0.15) is 0 Å². The summed E-state index contributed by atoms with van der Waals surface area (Å²) in [5, 5.41) is 0.935. The normalized spacial score (nSPS) is 10.8. The lowest BCUT2D eigenvalue weighted by Gasteiger charge is -2.08. The second-order valence-electron chi connectivity index (χ2n) is 3.66. The van der Waals surface area contributed by atoms with E-state index in [1.807, 2.05) is 12.1 Å². The summed E-state index contributed by atoms with van der Waals surface area (Å²) in [5.41, 5.74) is 1.48. The Labute approximate surface area is 137 Å². The van der Waals surface area contributed by atoms with Crippen molar-refractivity contribution in [2.75, 3.05) is 7.11 Å². The van der Waals surface area contributed by atoms with E-state index >= 15 is 0 Å². The van der Waals surface area contributed by atoms with Crippen LogP contribution in [0, 0.1) is 0 Å². The first-order chi connectivity index (χ1) is 9.02. The van der Waals surface area contributed by atoms with Crippen molar-refractivity contribution in [3.8, 4) is 11.4 Å². The molecule has 0 radical (unpaired) electrons. The Morgan fingerprint density at radius 1 is 1.21 bits per heavy atom. The summed E-state index contributed by atoms with van der Waals surface area (Å²) in [7, 11) is 1.60. The lowest BCUT2D eigenvalue weighted by molar-refractivity contribution is 0.181. The third-order valence-corrected chi connectivity index (χ3v) is 4.91. The van der Waals surface area contributed by atoms with Crippen LogP contribution in [0.3, 0.4) is 0 Å². The van der Waals surface area contributed by atoms with E-state index in [0.29, 0.717) is 32.8 Å². The number of nitrogens with zero attached hydrogens (tertiary/aromatic N) is 2. The van der Waals surface area contributed by atoms with Gasteiger partial charge < -0.3 is 4.74 Å². The summed E-state index contributed by atoms with van der Waals surface area (Å²) in [5.74, 6) is 0.509. The zero-order chi connectivity index (χ0) is 14.0. The molecule has 0 unspecified atom stereocenters. The molecule has 7 heteroatoms. The predicted octanol–water partition coefficient (Wildman–Crippen LogP) is 5.12. The van der Waals surface area contributed by atoms with Gasteiger partial charge in [0, 0.05) is 17.1 Å². The lowest BCUT2D eigenvalue weighted by atomic mass is 10.2. The minimum atomic E-state index is 0.344. The Balaban J connectivity index is 2.52. The first-order valence-electron chi connectivity index (χ1n) is 5.19. The number of hydrogen-bond donors (Lipinski definition) is 0. The van der Waals surface area contributed by atoms with Crippen molar-refractivity contribution < 1.29 is 4.74 Å². The summed E-state index contributed by atoms with van der Waals surface area (Å²) in [4.78, 5) is 8.66. The Hall–Kier alpha value is -0.200. The number of benzene rings is 1. The smallest absolute Gasteiger partial charge is 0.161 e. The third-order valence-electron chi connectivity index (χ3n) is 2.34. The van der Waals surface area contributed by atoms with E-state index in [1.54, 1.807) is 13.2 Å². The maximum atomic E-state index is 6.08. The molecule has 0 aliphatic rings. The van der Waals surface area contributed by atoms with Crippen LogP contribution >= 0.6 is 55.1 Å². The van der Waals surface area contributed by atoms with Crippen LogP contribution < -0.4 is 0 Å². The molecule has 3 nitrogen and oxygen atoms in total. The van der Waals surface area contributed by atoms with E-state index in [-0.39, 0.29) is 0 Å². The molecule has 0 atom stereocenters. The van der Waals surface area contributed by atoms with Crippen molar-refractivity contribution in [1.29, 1.82) is 0 Å². The fraction of sp³-hybridized carbons (Fsp3) is 0.167. The van der Waals surface area contributed by atoms with Crippen LogP contribution in [-0.4, -0.2) is 17.1 Å². The highest BCUT2D eigenvalue weighted by Gasteiger charge is 2.12. The van der Waals surface area contributed by atoms with E-state index in [9.17, 15) is 0 Å². The second kappa shape index (κ2) is 6.50. The molecule has 2 aromatic rings. The Morgan fingerprint density at radius 2 is 1.95 bits per heavy atom. The van der Waals surface area contributed by atoms with E-state index in [0.717, 1.165) is 10.0 Å². The van der Waals surface area contributed by atoms with E-state index in [2.05, 4.69) is 41.8 Å². The quantitative estimate of drug-likeness (QED) is 0.639. The molecule has 0 saturated carbocycles. The second-order valence-corrected chi connectivity index (χ2v) is 6.07. The highest BCUT2D eigenvalue weighted by molar-refractivity contribution is 9.11. The van der Waals surface area contributed by atoms with Gasteiger partial charge in [0.15, 0.2) is 5.82 Å². The highest BCUT2D eigenvalue weighted by Crippen LogP contribution is 2.30. The van der Waals surface area contributed by atoms with Gasteiger partial charge in [-0.3, -0.25) is 0 Å². The Bertz CT molecular complexity index is 623. The van der Waals surface area contributed by atoms with Gasteiger partial charge in [0.05, 0.1) is 21.8 Å². The lowest BCUT2D eigenvalue weighted by Crippen LogP contribution is -2.00. The fourth-order valence-electron chi connectivity index (χ4n) is 1.46. The zero-order valence-electron chi connectivity index (χ0n) is 9.75. The molecule has 1 aromatic heterocycles. The van der Waals surface area contributed by atoms with Crippen LogP contribution in [0.4, 0.5) is 0 Å². The van der Waals surface area contributed by atoms with Crippen molar-refractivity contribution in [2.24, 2.45) is 0 Å². The molecule has 0 aliphatic carbocycles. The summed E-state index contributed by atoms with van der Waals surface area (Å²) >= 11 is 18.8. The SMILES string of the molecule is COCc1nc(-c2ccc(Br)c(Cl)c2)nc(Cl)c1Br. The van der Waals surface area contributed by atoms with Crippen LogP contribution in [-0.2, 0) is 11.3 Å². The predicted molar refractivity (Wildman–Crippen MR) is 83.6 cm³/mol. The number of hydrogen-bond acceptors (Lipinski definition) is 3. The molecule has 0 amide bonds. The third kappa shape index (κ3) is 3.47. The van der Waals surface area contributed by atoms with Crippen molar-refractivity contribution in [1.82, 2.24) is 9.97 Å². The molecule has 0 spiro atoms. The molecule has 2 rings (SSSR count).